The summed E-state index contributed by atoms with van der Waals surface area (Å²) < 4.78 is 24.4. The lowest BCUT2D eigenvalue weighted by Crippen LogP contribution is -2.57. The summed E-state index contributed by atoms with van der Waals surface area (Å²) in [5.41, 5.74) is 4.96. The van der Waals surface area contributed by atoms with Crippen molar-refractivity contribution in [1.82, 2.24) is 10.2 Å². The van der Waals surface area contributed by atoms with Gasteiger partial charge in [0.1, 0.15) is 5.54 Å². The van der Waals surface area contributed by atoms with Crippen molar-refractivity contribution in [2.24, 2.45) is 5.73 Å². The zero-order valence-electron chi connectivity index (χ0n) is 12.3. The molecule has 1 atom stereocenters. The first kappa shape index (κ1) is 15.9. The van der Waals surface area contributed by atoms with Gasteiger partial charge in [0.15, 0.2) is 9.84 Å². The van der Waals surface area contributed by atoms with Crippen molar-refractivity contribution in [2.45, 2.75) is 16.9 Å². The van der Waals surface area contributed by atoms with Crippen LogP contribution in [0.25, 0.3) is 0 Å². The van der Waals surface area contributed by atoms with E-state index in [4.69, 9.17) is 5.73 Å². The summed E-state index contributed by atoms with van der Waals surface area (Å²) in [6.45, 7) is 1.27. The Morgan fingerprint density at radius 3 is 2.67 bits per heavy atom. The highest BCUT2D eigenvalue weighted by atomic mass is 32.2. The van der Waals surface area contributed by atoms with Crippen molar-refractivity contribution in [3.05, 3.63) is 29.8 Å². The van der Waals surface area contributed by atoms with Crippen molar-refractivity contribution in [3.63, 3.8) is 0 Å². The second-order valence-corrected chi connectivity index (χ2v) is 7.64. The summed E-state index contributed by atoms with van der Waals surface area (Å²) in [4.78, 5) is 14.3. The van der Waals surface area contributed by atoms with Crippen molar-refractivity contribution < 1.29 is 13.2 Å². The molecule has 6 nitrogen and oxygen atoms in total. The molecular formula is C14H21N3O3S. The Morgan fingerprint density at radius 2 is 2.05 bits per heavy atom. The van der Waals surface area contributed by atoms with Crippen LogP contribution in [0, 0.1) is 0 Å². The van der Waals surface area contributed by atoms with Crippen LogP contribution in [0.5, 0.6) is 0 Å². The lowest BCUT2D eigenvalue weighted by molar-refractivity contribution is -0.125. The predicted octanol–water partition coefficient (Wildman–Crippen LogP) is -0.304. The molecule has 0 radical (unpaired) electrons. The number of fused-ring (bicyclic) bond motifs is 1. The van der Waals surface area contributed by atoms with Gasteiger partial charge in [-0.05, 0) is 26.6 Å². The highest BCUT2D eigenvalue weighted by Crippen LogP contribution is 2.36. The number of benzene rings is 1. The average Bonchev–Trinajstić information content (AvgIpc) is 2.41. The minimum atomic E-state index is -3.35. The lowest BCUT2D eigenvalue weighted by atomic mass is 9.85. The minimum Gasteiger partial charge on any atom is -0.368 e. The molecule has 0 saturated heterocycles. The van der Waals surface area contributed by atoms with E-state index in [2.05, 4.69) is 5.32 Å². The summed E-state index contributed by atoms with van der Waals surface area (Å²) >= 11 is 0. The summed E-state index contributed by atoms with van der Waals surface area (Å²) in [7, 11) is 0.511. The molecule has 0 spiro atoms. The van der Waals surface area contributed by atoms with Crippen LogP contribution in [0.1, 0.15) is 12.0 Å². The van der Waals surface area contributed by atoms with E-state index in [0.717, 1.165) is 6.54 Å². The molecule has 1 amide bonds. The van der Waals surface area contributed by atoms with Crippen molar-refractivity contribution >= 4 is 15.7 Å². The van der Waals surface area contributed by atoms with Gasteiger partial charge >= 0.3 is 0 Å². The standard InChI is InChI=1S/C14H21N3O3S/c1-17(2)9-8-16-14(13(15)18)7-10-21(19,20)12-6-4-3-5-11(12)14/h3-6,16H,7-10H2,1-2H3,(H2,15,18). The average molecular weight is 311 g/mol. The van der Waals surface area contributed by atoms with Crippen molar-refractivity contribution in [3.8, 4) is 0 Å². The van der Waals surface area contributed by atoms with E-state index in [1.807, 2.05) is 19.0 Å². The maximum absolute atomic E-state index is 12.2. The molecule has 7 heteroatoms. The molecular weight excluding hydrogens is 290 g/mol. The predicted molar refractivity (Wildman–Crippen MR) is 80.5 cm³/mol. The highest BCUT2D eigenvalue weighted by molar-refractivity contribution is 7.91. The number of nitrogens with one attached hydrogen (secondary N) is 1. The fraction of sp³-hybridized carbons (Fsp3) is 0.500. The van der Waals surface area contributed by atoms with Gasteiger partial charge in [-0.3, -0.25) is 10.1 Å². The van der Waals surface area contributed by atoms with Crippen LogP contribution in [0.2, 0.25) is 0 Å². The van der Waals surface area contributed by atoms with Gasteiger partial charge in [0.05, 0.1) is 10.6 Å². The Kier molecular flexibility index (Phi) is 4.36. The van der Waals surface area contributed by atoms with E-state index in [0.29, 0.717) is 12.1 Å². The van der Waals surface area contributed by atoms with Gasteiger partial charge in [-0.15, -0.1) is 0 Å². The van der Waals surface area contributed by atoms with Crippen LogP contribution in [0.3, 0.4) is 0 Å². The number of primary amides is 1. The molecule has 1 aliphatic rings. The number of nitrogens with zero attached hydrogens (tertiary/aromatic N) is 1. The number of sulfone groups is 1. The molecule has 1 aliphatic heterocycles. The molecule has 0 bridgehead atoms. The third kappa shape index (κ3) is 2.95. The first-order valence-electron chi connectivity index (χ1n) is 6.81. The third-order valence-electron chi connectivity index (χ3n) is 3.83. The summed E-state index contributed by atoms with van der Waals surface area (Å²) in [6.07, 6.45) is 0.162. The Hall–Kier alpha value is -1.44. The highest BCUT2D eigenvalue weighted by Gasteiger charge is 2.45. The van der Waals surface area contributed by atoms with Gasteiger partial charge in [0.2, 0.25) is 5.91 Å². The van der Waals surface area contributed by atoms with Gasteiger partial charge in [-0.2, -0.15) is 0 Å². The van der Waals surface area contributed by atoms with E-state index in [1.165, 1.54) is 6.07 Å². The molecule has 1 aromatic rings. The number of hydrogen-bond donors (Lipinski definition) is 2. The Bertz CT molecular complexity index is 643. The maximum atomic E-state index is 12.2. The molecule has 2 rings (SSSR count). The number of hydrogen-bond acceptors (Lipinski definition) is 5. The first-order valence-corrected chi connectivity index (χ1v) is 8.47. The molecule has 0 saturated carbocycles. The van der Waals surface area contributed by atoms with E-state index in [9.17, 15) is 13.2 Å². The van der Waals surface area contributed by atoms with Crippen LogP contribution in [0.4, 0.5) is 0 Å². The van der Waals surface area contributed by atoms with Crippen molar-refractivity contribution in [2.75, 3.05) is 32.9 Å². The largest absolute Gasteiger partial charge is 0.368 e. The lowest BCUT2D eigenvalue weighted by Gasteiger charge is -2.37. The smallest absolute Gasteiger partial charge is 0.242 e. The van der Waals surface area contributed by atoms with Crippen molar-refractivity contribution in [1.29, 1.82) is 0 Å². The van der Waals surface area contributed by atoms with Crippen LogP contribution < -0.4 is 11.1 Å². The van der Waals surface area contributed by atoms with Gasteiger partial charge in [0, 0.05) is 18.7 Å². The second-order valence-electron chi connectivity index (χ2n) is 5.56. The molecule has 0 aliphatic carbocycles. The maximum Gasteiger partial charge on any atom is 0.242 e. The zero-order valence-corrected chi connectivity index (χ0v) is 13.1. The Labute approximate surface area is 125 Å². The zero-order chi connectivity index (χ0) is 15.7. The van der Waals surface area contributed by atoms with Gasteiger partial charge in [-0.25, -0.2) is 8.42 Å². The quantitative estimate of drug-likeness (QED) is 0.778. The number of likely N-dealkylation sites (N-methyl/N-ethyl adjacent to an activating group) is 1. The fourth-order valence-electron chi connectivity index (χ4n) is 2.64. The molecule has 1 unspecified atom stereocenters. The molecule has 0 aromatic heterocycles. The minimum absolute atomic E-state index is 0.0814. The van der Waals surface area contributed by atoms with Crippen LogP contribution in [-0.2, 0) is 20.2 Å². The molecule has 1 heterocycles. The topological polar surface area (TPSA) is 92.5 Å². The molecule has 1 aromatic carbocycles. The Morgan fingerprint density at radius 1 is 1.38 bits per heavy atom. The van der Waals surface area contributed by atoms with E-state index < -0.39 is 21.3 Å². The number of carbonyl (C=O) groups excluding carboxylic acids is 1. The number of rotatable bonds is 5. The normalized spacial score (nSPS) is 23.8. The second kappa shape index (κ2) is 5.75. The molecule has 0 fully saturated rings. The summed E-state index contributed by atoms with van der Waals surface area (Å²) in [6, 6.07) is 6.59. The molecule has 116 valence electrons. The Balaban J connectivity index is 2.45. The molecule has 3 N–H and O–H groups in total. The van der Waals surface area contributed by atoms with Crippen LogP contribution in [-0.4, -0.2) is 52.2 Å². The van der Waals surface area contributed by atoms with Gasteiger partial charge in [-0.1, -0.05) is 18.2 Å². The van der Waals surface area contributed by atoms with Crippen LogP contribution in [0.15, 0.2) is 29.2 Å². The first-order chi connectivity index (χ1) is 9.79. The monoisotopic (exact) mass is 311 g/mol. The van der Waals surface area contributed by atoms with Gasteiger partial charge in [0.25, 0.3) is 0 Å². The number of nitrogens with two attached hydrogens (primary N) is 1. The number of carbonyl (C=O) groups is 1. The number of amides is 1. The van der Waals surface area contributed by atoms with E-state index >= 15 is 0 Å². The third-order valence-corrected chi connectivity index (χ3v) is 5.60. The van der Waals surface area contributed by atoms with E-state index in [1.54, 1.807) is 18.2 Å². The van der Waals surface area contributed by atoms with Gasteiger partial charge < -0.3 is 10.6 Å². The van der Waals surface area contributed by atoms with Crippen LogP contribution >= 0.6 is 0 Å². The molecule has 21 heavy (non-hydrogen) atoms. The van der Waals surface area contributed by atoms with E-state index in [-0.39, 0.29) is 17.1 Å². The fourth-order valence-corrected chi connectivity index (χ4v) is 4.30. The SMILES string of the molecule is CN(C)CCNC1(C(N)=O)CCS(=O)(=O)c2ccccc21. The summed E-state index contributed by atoms with van der Waals surface area (Å²) in [5.74, 6) is -0.620. The summed E-state index contributed by atoms with van der Waals surface area (Å²) in [5, 5.41) is 3.18.